The SMILES string of the molecule is Fc1cc(F)c(F)c(SC(F)(F)F)c1. The van der Waals surface area contributed by atoms with Gasteiger partial charge in [-0.2, -0.15) is 13.2 Å². The van der Waals surface area contributed by atoms with E-state index in [0.717, 1.165) is 0 Å². The molecule has 0 aromatic heterocycles. The summed E-state index contributed by atoms with van der Waals surface area (Å²) in [6, 6.07) is 0.465. The number of hydrogen-bond donors (Lipinski definition) is 0. The Hall–Kier alpha value is -0.850. The molecule has 0 heterocycles. The monoisotopic (exact) mass is 232 g/mol. The van der Waals surface area contributed by atoms with Crippen LogP contribution in [0.15, 0.2) is 17.0 Å². The number of rotatable bonds is 1. The lowest BCUT2D eigenvalue weighted by molar-refractivity contribution is -0.0329. The van der Waals surface area contributed by atoms with Gasteiger partial charge in [0.05, 0.1) is 4.90 Å². The van der Waals surface area contributed by atoms with E-state index in [1.54, 1.807) is 0 Å². The van der Waals surface area contributed by atoms with Crippen molar-refractivity contribution in [2.24, 2.45) is 0 Å². The van der Waals surface area contributed by atoms with E-state index in [1.165, 1.54) is 0 Å². The maximum absolute atomic E-state index is 12.6. The van der Waals surface area contributed by atoms with Gasteiger partial charge in [-0.05, 0) is 17.8 Å². The number of halogens is 6. The Kier molecular flexibility index (Phi) is 2.98. The molecule has 0 fully saturated rings. The highest BCUT2D eigenvalue weighted by Gasteiger charge is 2.31. The van der Waals surface area contributed by atoms with E-state index in [9.17, 15) is 26.3 Å². The van der Waals surface area contributed by atoms with Gasteiger partial charge in [0.15, 0.2) is 11.6 Å². The second kappa shape index (κ2) is 3.72. The lowest BCUT2D eigenvalue weighted by Crippen LogP contribution is -2.02. The van der Waals surface area contributed by atoms with Crippen molar-refractivity contribution in [1.29, 1.82) is 0 Å². The highest BCUT2D eigenvalue weighted by atomic mass is 32.2. The fourth-order valence-corrected chi connectivity index (χ4v) is 1.34. The minimum absolute atomic E-state index is 0.176. The molecular weight excluding hydrogens is 230 g/mol. The van der Waals surface area contributed by atoms with Crippen LogP contribution in [0, 0.1) is 17.5 Å². The van der Waals surface area contributed by atoms with Crippen molar-refractivity contribution in [3.05, 3.63) is 29.6 Å². The van der Waals surface area contributed by atoms with Crippen LogP contribution in [0.1, 0.15) is 0 Å². The quantitative estimate of drug-likeness (QED) is 0.404. The van der Waals surface area contributed by atoms with Crippen molar-refractivity contribution in [3.63, 3.8) is 0 Å². The van der Waals surface area contributed by atoms with Gasteiger partial charge in [0.25, 0.3) is 0 Å². The minimum Gasteiger partial charge on any atom is -0.207 e. The average Bonchev–Trinajstić information content (AvgIpc) is 1.96. The van der Waals surface area contributed by atoms with Crippen molar-refractivity contribution in [2.45, 2.75) is 10.4 Å². The topological polar surface area (TPSA) is 0 Å². The molecule has 0 amide bonds. The van der Waals surface area contributed by atoms with E-state index in [1.807, 2.05) is 0 Å². The fraction of sp³-hybridized carbons (Fsp3) is 0.143. The molecule has 0 spiro atoms. The van der Waals surface area contributed by atoms with Crippen LogP contribution in [-0.4, -0.2) is 5.51 Å². The van der Waals surface area contributed by atoms with E-state index >= 15 is 0 Å². The van der Waals surface area contributed by atoms with Crippen LogP contribution in [0.4, 0.5) is 26.3 Å². The number of hydrogen-bond acceptors (Lipinski definition) is 1. The van der Waals surface area contributed by atoms with Crippen molar-refractivity contribution < 1.29 is 26.3 Å². The van der Waals surface area contributed by atoms with Gasteiger partial charge >= 0.3 is 5.51 Å². The molecule has 0 saturated heterocycles. The summed E-state index contributed by atoms with van der Waals surface area (Å²) < 4.78 is 72.7. The summed E-state index contributed by atoms with van der Waals surface area (Å²) in [5, 5.41) is 0. The third-order valence-corrected chi connectivity index (χ3v) is 1.93. The molecule has 14 heavy (non-hydrogen) atoms. The van der Waals surface area contributed by atoms with Crippen molar-refractivity contribution in [1.82, 2.24) is 0 Å². The van der Waals surface area contributed by atoms with Crippen LogP contribution in [0.3, 0.4) is 0 Å². The molecule has 0 aliphatic carbocycles. The van der Waals surface area contributed by atoms with Crippen LogP contribution in [-0.2, 0) is 0 Å². The lowest BCUT2D eigenvalue weighted by Gasteiger charge is -2.06. The Bertz CT molecular complexity index is 345. The number of alkyl halides is 3. The van der Waals surface area contributed by atoms with E-state index in [0.29, 0.717) is 0 Å². The Balaban J connectivity index is 3.09. The number of benzene rings is 1. The summed E-state index contributed by atoms with van der Waals surface area (Å²) in [7, 11) is 0. The molecule has 0 unspecified atom stereocenters. The first-order chi connectivity index (χ1) is 6.29. The zero-order valence-corrected chi connectivity index (χ0v) is 7.15. The van der Waals surface area contributed by atoms with E-state index in [2.05, 4.69) is 0 Å². The largest absolute Gasteiger partial charge is 0.446 e. The van der Waals surface area contributed by atoms with Gasteiger partial charge in [0.2, 0.25) is 0 Å². The summed E-state index contributed by atoms with van der Waals surface area (Å²) in [6.07, 6.45) is 0. The average molecular weight is 232 g/mol. The first-order valence-electron chi connectivity index (χ1n) is 3.20. The molecular formula is C7H2F6S. The van der Waals surface area contributed by atoms with Crippen LogP contribution < -0.4 is 0 Å². The zero-order chi connectivity index (χ0) is 10.9. The van der Waals surface area contributed by atoms with Crippen molar-refractivity contribution in [2.75, 3.05) is 0 Å². The Morgan fingerprint density at radius 2 is 1.57 bits per heavy atom. The zero-order valence-electron chi connectivity index (χ0n) is 6.33. The molecule has 0 aliphatic heterocycles. The highest BCUT2D eigenvalue weighted by Crippen LogP contribution is 2.38. The number of thioether (sulfide) groups is 1. The molecule has 1 aromatic carbocycles. The first kappa shape index (κ1) is 11.2. The van der Waals surface area contributed by atoms with Gasteiger partial charge in [-0.25, -0.2) is 13.2 Å². The van der Waals surface area contributed by atoms with Gasteiger partial charge in [0.1, 0.15) is 5.82 Å². The van der Waals surface area contributed by atoms with Crippen LogP contribution in [0.5, 0.6) is 0 Å². The molecule has 0 bridgehead atoms. The summed E-state index contributed by atoms with van der Waals surface area (Å²) in [5.74, 6) is -4.60. The van der Waals surface area contributed by atoms with E-state index in [-0.39, 0.29) is 12.1 Å². The van der Waals surface area contributed by atoms with E-state index < -0.39 is 39.6 Å². The Morgan fingerprint density at radius 1 is 1.00 bits per heavy atom. The van der Waals surface area contributed by atoms with E-state index in [4.69, 9.17) is 0 Å². The maximum Gasteiger partial charge on any atom is 0.446 e. The molecule has 1 aromatic rings. The Labute approximate surface area is 78.9 Å². The third-order valence-electron chi connectivity index (χ3n) is 1.19. The second-order valence-corrected chi connectivity index (χ2v) is 3.35. The molecule has 0 nitrogen and oxygen atoms in total. The summed E-state index contributed by atoms with van der Waals surface area (Å²) >= 11 is -0.899. The van der Waals surface area contributed by atoms with Gasteiger partial charge in [-0.3, -0.25) is 0 Å². The summed E-state index contributed by atoms with van der Waals surface area (Å²) in [4.78, 5) is -1.12. The molecule has 0 aliphatic rings. The predicted octanol–water partition coefficient (Wildman–Crippen LogP) is 3.72. The van der Waals surface area contributed by atoms with Gasteiger partial charge in [-0.15, -0.1) is 0 Å². The predicted molar refractivity (Wildman–Crippen MR) is 38.2 cm³/mol. The van der Waals surface area contributed by atoms with Crippen molar-refractivity contribution >= 4 is 11.8 Å². The van der Waals surface area contributed by atoms with Crippen LogP contribution in [0.25, 0.3) is 0 Å². The molecule has 78 valence electrons. The minimum atomic E-state index is -4.78. The smallest absolute Gasteiger partial charge is 0.207 e. The summed E-state index contributed by atoms with van der Waals surface area (Å²) in [5.41, 5.74) is -4.78. The molecule has 1 rings (SSSR count). The molecule has 7 heteroatoms. The van der Waals surface area contributed by atoms with Crippen LogP contribution >= 0.6 is 11.8 Å². The molecule has 0 radical (unpaired) electrons. The summed E-state index contributed by atoms with van der Waals surface area (Å²) in [6.45, 7) is 0. The van der Waals surface area contributed by atoms with Crippen molar-refractivity contribution in [3.8, 4) is 0 Å². The first-order valence-corrected chi connectivity index (χ1v) is 4.01. The second-order valence-electron chi connectivity index (χ2n) is 2.25. The fourth-order valence-electron chi connectivity index (χ4n) is 0.731. The molecule has 0 N–H and O–H groups in total. The van der Waals surface area contributed by atoms with Gasteiger partial charge in [-0.1, -0.05) is 0 Å². The Morgan fingerprint density at radius 3 is 2.07 bits per heavy atom. The molecule has 0 saturated carbocycles. The molecule has 0 atom stereocenters. The normalized spacial score (nSPS) is 11.9. The highest BCUT2D eigenvalue weighted by molar-refractivity contribution is 8.00. The maximum atomic E-state index is 12.6. The standard InChI is InChI=1S/C7H2F6S/c8-3-1-4(9)6(10)5(2-3)14-7(11,12)13/h1-2H. The lowest BCUT2D eigenvalue weighted by atomic mass is 10.3. The van der Waals surface area contributed by atoms with Gasteiger partial charge < -0.3 is 0 Å². The van der Waals surface area contributed by atoms with Gasteiger partial charge in [0, 0.05) is 6.07 Å². The van der Waals surface area contributed by atoms with Crippen LogP contribution in [0.2, 0.25) is 0 Å². The third kappa shape index (κ3) is 2.83.